The number of ketones is 1. The Balaban J connectivity index is 2.28. The summed E-state index contributed by atoms with van der Waals surface area (Å²) in [5.74, 6) is -0.0923. The van der Waals surface area contributed by atoms with Crippen molar-refractivity contribution in [2.75, 3.05) is 0 Å². The number of carbonyl (C=O) groups excluding carboxylic acids is 1. The lowest BCUT2D eigenvalue weighted by molar-refractivity contribution is 0.0116. The average molecular weight is 218 g/mol. The maximum absolute atomic E-state index is 12.3. The lowest BCUT2D eigenvalue weighted by Crippen LogP contribution is -2.40. The maximum atomic E-state index is 12.3. The van der Waals surface area contributed by atoms with Gasteiger partial charge in [-0.15, -0.1) is 0 Å². The molecule has 0 atom stereocenters. The van der Waals surface area contributed by atoms with Gasteiger partial charge in [0.25, 0.3) is 0 Å². The van der Waals surface area contributed by atoms with Gasteiger partial charge in [0.2, 0.25) is 0 Å². The Morgan fingerprint density at radius 1 is 1.19 bits per heavy atom. The van der Waals surface area contributed by atoms with Crippen molar-refractivity contribution in [2.24, 2.45) is 0 Å². The Kier molecular flexibility index (Phi) is 3.10. The zero-order valence-electron chi connectivity index (χ0n) is 9.70. The highest BCUT2D eigenvalue weighted by Gasteiger charge is 2.37. The molecule has 1 aromatic carbocycles. The van der Waals surface area contributed by atoms with Crippen molar-refractivity contribution in [3.63, 3.8) is 0 Å². The minimum absolute atomic E-state index is 0.0923. The molecule has 0 heterocycles. The number of aryl methyl sites for hydroxylation is 1. The number of aliphatic hydroxyl groups is 1. The highest BCUT2D eigenvalue weighted by Crippen LogP contribution is 2.31. The van der Waals surface area contributed by atoms with Crippen LogP contribution in [0.3, 0.4) is 0 Å². The summed E-state index contributed by atoms with van der Waals surface area (Å²) in [7, 11) is 0. The van der Waals surface area contributed by atoms with E-state index in [0.29, 0.717) is 18.4 Å². The Morgan fingerprint density at radius 3 is 2.44 bits per heavy atom. The molecule has 0 aromatic heterocycles. The largest absolute Gasteiger partial charge is 0.382 e. The number of carbonyl (C=O) groups is 1. The van der Waals surface area contributed by atoms with E-state index >= 15 is 0 Å². The first kappa shape index (κ1) is 11.3. The zero-order chi connectivity index (χ0) is 11.6. The molecule has 0 radical (unpaired) electrons. The predicted octanol–water partition coefficient (Wildman–Crippen LogP) is 2.87. The fourth-order valence-corrected chi connectivity index (χ4v) is 2.44. The van der Waals surface area contributed by atoms with E-state index in [1.54, 1.807) is 0 Å². The monoisotopic (exact) mass is 218 g/mol. The molecule has 0 amide bonds. The SMILES string of the molecule is Cc1ccccc1C(=O)C1(O)CCCCC1. The molecular formula is C14H18O2. The van der Waals surface area contributed by atoms with Crippen molar-refractivity contribution in [1.29, 1.82) is 0 Å². The maximum Gasteiger partial charge on any atom is 0.194 e. The molecule has 1 aromatic rings. The van der Waals surface area contributed by atoms with Gasteiger partial charge in [-0.3, -0.25) is 4.79 Å². The molecule has 0 saturated heterocycles. The number of benzene rings is 1. The Hall–Kier alpha value is -1.15. The van der Waals surface area contributed by atoms with Crippen LogP contribution in [0.4, 0.5) is 0 Å². The topological polar surface area (TPSA) is 37.3 Å². The summed E-state index contributed by atoms with van der Waals surface area (Å²) >= 11 is 0. The first-order chi connectivity index (χ1) is 7.63. The van der Waals surface area contributed by atoms with Gasteiger partial charge in [-0.25, -0.2) is 0 Å². The predicted molar refractivity (Wildman–Crippen MR) is 63.5 cm³/mol. The Bertz CT molecular complexity index is 389. The summed E-state index contributed by atoms with van der Waals surface area (Å²) in [4.78, 5) is 12.3. The molecule has 0 aliphatic heterocycles. The van der Waals surface area contributed by atoms with Gasteiger partial charge in [0, 0.05) is 5.56 Å². The molecule has 0 bridgehead atoms. The third-order valence-corrected chi connectivity index (χ3v) is 3.49. The van der Waals surface area contributed by atoms with Gasteiger partial charge in [-0.1, -0.05) is 43.5 Å². The Labute approximate surface area is 96.3 Å². The van der Waals surface area contributed by atoms with Gasteiger partial charge < -0.3 is 5.11 Å². The summed E-state index contributed by atoms with van der Waals surface area (Å²) in [6.45, 7) is 1.92. The van der Waals surface area contributed by atoms with Gasteiger partial charge in [0.05, 0.1) is 0 Å². The molecule has 1 saturated carbocycles. The highest BCUT2D eigenvalue weighted by atomic mass is 16.3. The summed E-state index contributed by atoms with van der Waals surface area (Å²) in [5, 5.41) is 10.4. The number of Topliss-reactive ketones (excluding diaryl/α,β-unsaturated/α-hetero) is 1. The van der Waals surface area contributed by atoms with Crippen LogP contribution in [0.1, 0.15) is 48.0 Å². The number of hydrogen-bond donors (Lipinski definition) is 1. The molecule has 1 aliphatic rings. The third-order valence-electron chi connectivity index (χ3n) is 3.49. The van der Waals surface area contributed by atoms with Crippen molar-refractivity contribution in [1.82, 2.24) is 0 Å². The van der Waals surface area contributed by atoms with Crippen molar-refractivity contribution in [2.45, 2.75) is 44.6 Å². The van der Waals surface area contributed by atoms with E-state index in [0.717, 1.165) is 24.8 Å². The first-order valence-corrected chi connectivity index (χ1v) is 5.96. The molecule has 1 N–H and O–H groups in total. The zero-order valence-corrected chi connectivity index (χ0v) is 9.70. The van der Waals surface area contributed by atoms with Crippen molar-refractivity contribution >= 4 is 5.78 Å². The van der Waals surface area contributed by atoms with E-state index in [2.05, 4.69) is 0 Å². The molecule has 0 unspecified atom stereocenters. The van der Waals surface area contributed by atoms with Crippen LogP contribution in [-0.4, -0.2) is 16.5 Å². The van der Waals surface area contributed by atoms with Gasteiger partial charge in [0.1, 0.15) is 5.60 Å². The second kappa shape index (κ2) is 4.38. The molecule has 86 valence electrons. The van der Waals surface area contributed by atoms with Crippen LogP contribution in [-0.2, 0) is 0 Å². The summed E-state index contributed by atoms with van der Waals surface area (Å²) in [6, 6.07) is 7.49. The summed E-state index contributed by atoms with van der Waals surface area (Å²) in [5.41, 5.74) is 0.517. The first-order valence-electron chi connectivity index (χ1n) is 5.96. The van der Waals surface area contributed by atoms with Gasteiger partial charge in [-0.05, 0) is 25.3 Å². The van der Waals surface area contributed by atoms with Crippen LogP contribution >= 0.6 is 0 Å². The molecule has 1 aliphatic carbocycles. The van der Waals surface area contributed by atoms with Gasteiger partial charge in [-0.2, -0.15) is 0 Å². The highest BCUT2D eigenvalue weighted by molar-refractivity contribution is 6.03. The molecule has 2 heteroatoms. The average Bonchev–Trinajstić information content (AvgIpc) is 2.30. The molecule has 2 nitrogen and oxygen atoms in total. The van der Waals surface area contributed by atoms with E-state index in [-0.39, 0.29) is 5.78 Å². The third kappa shape index (κ3) is 2.03. The second-order valence-electron chi connectivity index (χ2n) is 4.74. The van der Waals surface area contributed by atoms with Crippen LogP contribution in [0.25, 0.3) is 0 Å². The smallest absolute Gasteiger partial charge is 0.194 e. The van der Waals surface area contributed by atoms with E-state index in [1.807, 2.05) is 31.2 Å². The Morgan fingerprint density at radius 2 is 1.81 bits per heavy atom. The summed E-state index contributed by atoms with van der Waals surface area (Å²) in [6.07, 6.45) is 4.26. The quantitative estimate of drug-likeness (QED) is 0.775. The van der Waals surface area contributed by atoms with Crippen molar-refractivity contribution in [3.05, 3.63) is 35.4 Å². The van der Waals surface area contributed by atoms with Crippen LogP contribution in [0, 0.1) is 6.92 Å². The lowest BCUT2D eigenvalue weighted by Gasteiger charge is -2.30. The lowest BCUT2D eigenvalue weighted by atomic mass is 9.79. The van der Waals surface area contributed by atoms with E-state index in [9.17, 15) is 9.90 Å². The molecule has 1 fully saturated rings. The van der Waals surface area contributed by atoms with Gasteiger partial charge in [0.15, 0.2) is 5.78 Å². The van der Waals surface area contributed by atoms with Gasteiger partial charge >= 0.3 is 0 Å². The van der Waals surface area contributed by atoms with Crippen molar-refractivity contribution < 1.29 is 9.90 Å². The summed E-state index contributed by atoms with van der Waals surface area (Å²) < 4.78 is 0. The molecule has 2 rings (SSSR count). The van der Waals surface area contributed by atoms with Crippen LogP contribution < -0.4 is 0 Å². The second-order valence-corrected chi connectivity index (χ2v) is 4.74. The van der Waals surface area contributed by atoms with E-state index in [1.165, 1.54) is 0 Å². The fourth-order valence-electron chi connectivity index (χ4n) is 2.44. The number of hydrogen-bond acceptors (Lipinski definition) is 2. The molecular weight excluding hydrogens is 200 g/mol. The molecule has 0 spiro atoms. The van der Waals surface area contributed by atoms with Crippen LogP contribution in [0.5, 0.6) is 0 Å². The fraction of sp³-hybridized carbons (Fsp3) is 0.500. The van der Waals surface area contributed by atoms with E-state index in [4.69, 9.17) is 0 Å². The molecule has 16 heavy (non-hydrogen) atoms. The standard InChI is InChI=1S/C14H18O2/c1-11-7-3-4-8-12(11)13(15)14(16)9-5-2-6-10-14/h3-4,7-8,16H,2,5-6,9-10H2,1H3. The minimum Gasteiger partial charge on any atom is -0.382 e. The van der Waals surface area contributed by atoms with Crippen LogP contribution in [0.2, 0.25) is 0 Å². The number of rotatable bonds is 2. The van der Waals surface area contributed by atoms with Crippen molar-refractivity contribution in [3.8, 4) is 0 Å². The normalized spacial score (nSPS) is 19.4. The minimum atomic E-state index is -1.11. The van der Waals surface area contributed by atoms with Crippen LogP contribution in [0.15, 0.2) is 24.3 Å². The van der Waals surface area contributed by atoms with E-state index < -0.39 is 5.60 Å².